The molecule has 1 N–H and O–H groups in total. The number of carbonyl (C=O) groups excluding carboxylic acids is 1. The van der Waals surface area contributed by atoms with Crippen molar-refractivity contribution in [2.45, 2.75) is 27.0 Å². The molecule has 30 heavy (non-hydrogen) atoms. The van der Waals surface area contributed by atoms with Gasteiger partial charge in [-0.2, -0.15) is 5.10 Å². The molecule has 0 radical (unpaired) electrons. The quantitative estimate of drug-likeness (QED) is 0.626. The van der Waals surface area contributed by atoms with Gasteiger partial charge in [0, 0.05) is 31.2 Å². The Bertz CT molecular complexity index is 1010. The Labute approximate surface area is 183 Å². The van der Waals surface area contributed by atoms with Crippen LogP contribution in [-0.4, -0.2) is 62.1 Å². The lowest BCUT2D eigenvalue weighted by Crippen LogP contribution is -2.48. The van der Waals surface area contributed by atoms with Crippen LogP contribution >= 0.6 is 22.9 Å². The molecule has 0 unspecified atom stereocenters. The third kappa shape index (κ3) is 4.97. The van der Waals surface area contributed by atoms with Crippen molar-refractivity contribution in [3.8, 4) is 5.75 Å². The average molecular weight is 447 g/mol. The molecule has 0 spiro atoms. The number of H-pyrrole nitrogens is 1. The molecule has 1 aliphatic heterocycles. The third-order valence-electron chi connectivity index (χ3n) is 4.88. The summed E-state index contributed by atoms with van der Waals surface area (Å²) < 4.78 is 5.76. The molecule has 158 valence electrons. The number of piperazine rings is 1. The molecule has 1 aromatic carbocycles. The molecule has 4 rings (SSSR count). The number of rotatable bonds is 6. The zero-order valence-electron chi connectivity index (χ0n) is 16.9. The molecule has 0 bridgehead atoms. The highest BCUT2D eigenvalue weighted by molar-refractivity contribution is 7.13. The second-order valence-electron chi connectivity index (χ2n) is 7.17. The normalized spacial score (nSPS) is 14.8. The van der Waals surface area contributed by atoms with Crippen molar-refractivity contribution in [1.82, 2.24) is 30.0 Å². The molecular formula is C20H23ClN6O2S. The summed E-state index contributed by atoms with van der Waals surface area (Å²) in [4.78, 5) is 26.7. The van der Waals surface area contributed by atoms with Crippen molar-refractivity contribution in [3.05, 3.63) is 56.5 Å². The van der Waals surface area contributed by atoms with Crippen LogP contribution in [0.25, 0.3) is 0 Å². The van der Waals surface area contributed by atoms with Crippen LogP contribution in [0.4, 0.5) is 0 Å². The number of nitrogens with one attached hydrogen (secondary N) is 1. The fourth-order valence-corrected chi connectivity index (χ4v) is 4.37. The van der Waals surface area contributed by atoms with E-state index in [1.165, 1.54) is 11.3 Å². The van der Waals surface area contributed by atoms with E-state index in [1.54, 1.807) is 12.1 Å². The number of nitrogens with zero attached hydrogens (tertiary/aromatic N) is 5. The van der Waals surface area contributed by atoms with Crippen molar-refractivity contribution in [1.29, 1.82) is 0 Å². The molecule has 8 nitrogen and oxygen atoms in total. The fourth-order valence-electron chi connectivity index (χ4n) is 3.30. The first-order valence-corrected chi connectivity index (χ1v) is 10.9. The van der Waals surface area contributed by atoms with E-state index in [0.717, 1.165) is 41.2 Å². The third-order valence-corrected chi connectivity index (χ3v) is 6.25. The van der Waals surface area contributed by atoms with Gasteiger partial charge in [0.05, 0.1) is 12.2 Å². The number of aromatic nitrogens is 4. The Morgan fingerprint density at radius 3 is 2.57 bits per heavy atom. The molecule has 3 aromatic rings. The van der Waals surface area contributed by atoms with Crippen LogP contribution in [0.2, 0.25) is 5.02 Å². The van der Waals surface area contributed by atoms with E-state index in [1.807, 2.05) is 30.9 Å². The Morgan fingerprint density at radius 1 is 1.17 bits per heavy atom. The number of thiazole rings is 1. The van der Waals surface area contributed by atoms with Crippen LogP contribution in [0.3, 0.4) is 0 Å². The monoisotopic (exact) mass is 446 g/mol. The van der Waals surface area contributed by atoms with E-state index in [-0.39, 0.29) is 5.91 Å². The molecule has 10 heteroatoms. The van der Waals surface area contributed by atoms with Crippen molar-refractivity contribution < 1.29 is 9.53 Å². The summed E-state index contributed by atoms with van der Waals surface area (Å²) in [6.07, 6.45) is 0. The van der Waals surface area contributed by atoms with Crippen LogP contribution in [0.1, 0.15) is 32.0 Å². The highest BCUT2D eigenvalue weighted by Crippen LogP contribution is 2.23. The van der Waals surface area contributed by atoms with Gasteiger partial charge in [-0.3, -0.25) is 14.8 Å². The lowest BCUT2D eigenvalue weighted by atomic mass is 10.2. The number of hydrogen-bond donors (Lipinski definition) is 1. The molecule has 0 aliphatic carbocycles. The first-order valence-electron chi connectivity index (χ1n) is 9.72. The number of benzene rings is 1. The number of aromatic amines is 1. The van der Waals surface area contributed by atoms with Gasteiger partial charge in [0.25, 0.3) is 5.91 Å². The number of ether oxygens (including phenoxy) is 1. The SMILES string of the molecule is Cc1nc(CN2CCN(C(=O)c3sc(COc4ccc(Cl)cc4)nc3C)CC2)n[nH]1. The summed E-state index contributed by atoms with van der Waals surface area (Å²) >= 11 is 7.29. The molecule has 1 fully saturated rings. The van der Waals surface area contributed by atoms with Gasteiger partial charge in [0.2, 0.25) is 0 Å². The molecule has 3 heterocycles. The summed E-state index contributed by atoms with van der Waals surface area (Å²) in [6, 6.07) is 7.19. The molecule has 1 aliphatic rings. The smallest absolute Gasteiger partial charge is 0.265 e. The largest absolute Gasteiger partial charge is 0.486 e. The zero-order chi connectivity index (χ0) is 21.1. The van der Waals surface area contributed by atoms with Crippen LogP contribution < -0.4 is 4.74 Å². The van der Waals surface area contributed by atoms with E-state index >= 15 is 0 Å². The minimum Gasteiger partial charge on any atom is -0.486 e. The Morgan fingerprint density at radius 2 is 1.90 bits per heavy atom. The first-order chi connectivity index (χ1) is 14.5. The highest BCUT2D eigenvalue weighted by Gasteiger charge is 2.26. The van der Waals surface area contributed by atoms with Gasteiger partial charge < -0.3 is 9.64 Å². The van der Waals surface area contributed by atoms with Gasteiger partial charge in [-0.25, -0.2) is 9.97 Å². The summed E-state index contributed by atoms with van der Waals surface area (Å²) in [7, 11) is 0. The second kappa shape index (κ2) is 9.11. The predicted octanol–water partition coefficient (Wildman–Crippen LogP) is 3.07. The van der Waals surface area contributed by atoms with E-state index < -0.39 is 0 Å². The van der Waals surface area contributed by atoms with Gasteiger partial charge in [0.1, 0.15) is 28.1 Å². The maximum atomic E-state index is 13.0. The minimum atomic E-state index is 0.0381. The van der Waals surface area contributed by atoms with E-state index in [9.17, 15) is 4.79 Å². The molecule has 2 aromatic heterocycles. The van der Waals surface area contributed by atoms with Gasteiger partial charge in [-0.1, -0.05) is 11.6 Å². The molecule has 0 saturated carbocycles. The summed E-state index contributed by atoms with van der Waals surface area (Å²) in [5.74, 6) is 2.36. The predicted molar refractivity (Wildman–Crippen MR) is 115 cm³/mol. The van der Waals surface area contributed by atoms with Crippen LogP contribution in [0.15, 0.2) is 24.3 Å². The summed E-state index contributed by atoms with van der Waals surface area (Å²) in [5, 5.41) is 8.50. The average Bonchev–Trinajstić information content (AvgIpc) is 3.32. The first kappa shape index (κ1) is 20.8. The lowest BCUT2D eigenvalue weighted by Gasteiger charge is -2.33. The highest BCUT2D eigenvalue weighted by atomic mass is 35.5. The van der Waals surface area contributed by atoms with Crippen LogP contribution in [-0.2, 0) is 13.2 Å². The Kier molecular flexibility index (Phi) is 6.31. The number of halogens is 1. The standard InChI is InChI=1S/C20H23ClN6O2S/c1-13-19(30-18(22-13)12-29-16-5-3-15(21)4-6-16)20(28)27-9-7-26(8-10-27)11-17-23-14(2)24-25-17/h3-6H,7-12H2,1-2H3,(H,23,24,25). The lowest BCUT2D eigenvalue weighted by molar-refractivity contribution is 0.0629. The van der Waals surface area contributed by atoms with Crippen molar-refractivity contribution in [2.75, 3.05) is 26.2 Å². The van der Waals surface area contributed by atoms with Gasteiger partial charge >= 0.3 is 0 Å². The molecule has 1 saturated heterocycles. The maximum Gasteiger partial charge on any atom is 0.265 e. The minimum absolute atomic E-state index is 0.0381. The van der Waals surface area contributed by atoms with Crippen molar-refractivity contribution in [2.24, 2.45) is 0 Å². The maximum absolute atomic E-state index is 13.0. The number of aryl methyl sites for hydroxylation is 2. The Hall–Kier alpha value is -2.49. The van der Waals surface area contributed by atoms with E-state index in [4.69, 9.17) is 16.3 Å². The second-order valence-corrected chi connectivity index (χ2v) is 8.69. The summed E-state index contributed by atoms with van der Waals surface area (Å²) in [5.41, 5.74) is 0.748. The van der Waals surface area contributed by atoms with Crippen molar-refractivity contribution in [3.63, 3.8) is 0 Å². The molecular weight excluding hydrogens is 424 g/mol. The summed E-state index contributed by atoms with van der Waals surface area (Å²) in [6.45, 7) is 7.72. The van der Waals surface area contributed by atoms with Crippen molar-refractivity contribution >= 4 is 28.8 Å². The van der Waals surface area contributed by atoms with Crippen LogP contribution in [0.5, 0.6) is 5.75 Å². The molecule has 0 atom stereocenters. The van der Waals surface area contributed by atoms with Crippen LogP contribution in [0, 0.1) is 13.8 Å². The van der Waals surface area contributed by atoms with E-state index in [0.29, 0.717) is 36.1 Å². The molecule has 1 amide bonds. The van der Waals surface area contributed by atoms with E-state index in [2.05, 4.69) is 25.1 Å². The van der Waals surface area contributed by atoms with Gasteiger partial charge in [0.15, 0.2) is 5.82 Å². The van der Waals surface area contributed by atoms with Gasteiger partial charge in [-0.15, -0.1) is 11.3 Å². The topological polar surface area (TPSA) is 87.2 Å². The zero-order valence-corrected chi connectivity index (χ0v) is 18.5. The van der Waals surface area contributed by atoms with Gasteiger partial charge in [-0.05, 0) is 38.1 Å². The number of amides is 1. The Balaban J connectivity index is 1.31. The number of carbonyl (C=O) groups is 1. The number of hydrogen-bond acceptors (Lipinski definition) is 7. The fraction of sp³-hybridized carbons (Fsp3) is 0.400.